The minimum Gasteiger partial charge on any atom is -0.322 e. The average Bonchev–Trinajstić information content (AvgIpc) is 2.68. The second kappa shape index (κ2) is 8.55. The standard InChI is InChI=1S/C23H23F3N2O/c1-3-28(16(2)14-17-8-6-11-19(15-17)23(24,25)26)22(29)27-21-13-7-10-18-9-4-5-12-20(18)21/h4-13,15-16H,3,14H2,1-2H3,(H,27,29)/t16-/m0/s1. The predicted octanol–water partition coefficient (Wildman–Crippen LogP) is 6.34. The summed E-state index contributed by atoms with van der Waals surface area (Å²) in [6.07, 6.45) is -4.05. The van der Waals surface area contributed by atoms with Gasteiger partial charge in [-0.25, -0.2) is 4.79 Å². The zero-order valence-corrected chi connectivity index (χ0v) is 16.3. The van der Waals surface area contributed by atoms with Gasteiger partial charge in [-0.1, -0.05) is 54.6 Å². The first kappa shape index (κ1) is 20.7. The largest absolute Gasteiger partial charge is 0.416 e. The van der Waals surface area contributed by atoms with E-state index in [0.29, 0.717) is 24.2 Å². The Kier molecular flexibility index (Phi) is 6.11. The predicted molar refractivity (Wildman–Crippen MR) is 110 cm³/mol. The maximum absolute atomic E-state index is 13.0. The molecule has 3 aromatic carbocycles. The maximum Gasteiger partial charge on any atom is 0.416 e. The monoisotopic (exact) mass is 400 g/mol. The molecular formula is C23H23F3N2O. The van der Waals surface area contributed by atoms with Gasteiger partial charge >= 0.3 is 12.2 Å². The Hall–Kier alpha value is -3.02. The van der Waals surface area contributed by atoms with Crippen LogP contribution in [0.25, 0.3) is 10.8 Å². The highest BCUT2D eigenvalue weighted by molar-refractivity contribution is 6.01. The van der Waals surface area contributed by atoms with Crippen molar-refractivity contribution in [3.05, 3.63) is 77.9 Å². The highest BCUT2D eigenvalue weighted by Gasteiger charge is 2.30. The van der Waals surface area contributed by atoms with Crippen molar-refractivity contribution in [2.75, 3.05) is 11.9 Å². The second-order valence-electron chi connectivity index (χ2n) is 6.99. The van der Waals surface area contributed by atoms with E-state index in [1.165, 1.54) is 6.07 Å². The van der Waals surface area contributed by atoms with Gasteiger partial charge < -0.3 is 10.2 Å². The van der Waals surface area contributed by atoms with Crippen LogP contribution in [-0.2, 0) is 12.6 Å². The molecule has 152 valence electrons. The van der Waals surface area contributed by atoms with Crippen molar-refractivity contribution >= 4 is 22.5 Å². The number of fused-ring (bicyclic) bond motifs is 1. The Balaban J connectivity index is 1.75. The molecule has 0 aromatic heterocycles. The molecule has 0 radical (unpaired) electrons. The number of carbonyl (C=O) groups excluding carboxylic acids is 1. The SMILES string of the molecule is CCN(C(=O)Nc1cccc2ccccc12)[C@@H](C)Cc1cccc(C(F)(F)F)c1. The van der Waals surface area contributed by atoms with Gasteiger partial charge in [0.15, 0.2) is 0 Å². The number of halogens is 3. The van der Waals surface area contributed by atoms with Crippen LogP contribution in [0.3, 0.4) is 0 Å². The molecule has 1 atom stereocenters. The summed E-state index contributed by atoms with van der Waals surface area (Å²) in [5.74, 6) is 0. The molecule has 6 heteroatoms. The summed E-state index contributed by atoms with van der Waals surface area (Å²) in [7, 11) is 0. The molecule has 0 aliphatic rings. The van der Waals surface area contributed by atoms with Gasteiger partial charge in [0.05, 0.1) is 11.3 Å². The Morgan fingerprint density at radius 2 is 1.72 bits per heavy atom. The summed E-state index contributed by atoms with van der Waals surface area (Å²) in [6.45, 7) is 4.13. The maximum atomic E-state index is 13.0. The lowest BCUT2D eigenvalue weighted by atomic mass is 10.0. The van der Waals surface area contributed by atoms with Gasteiger partial charge in [-0.3, -0.25) is 0 Å². The van der Waals surface area contributed by atoms with Crippen LogP contribution in [-0.4, -0.2) is 23.5 Å². The fraction of sp³-hybridized carbons (Fsp3) is 0.261. The number of hydrogen-bond donors (Lipinski definition) is 1. The summed E-state index contributed by atoms with van der Waals surface area (Å²) >= 11 is 0. The summed E-state index contributed by atoms with van der Waals surface area (Å²) in [5.41, 5.74) is 0.576. The average molecular weight is 400 g/mol. The minimum atomic E-state index is -4.38. The molecule has 29 heavy (non-hydrogen) atoms. The Bertz CT molecular complexity index is 995. The van der Waals surface area contributed by atoms with E-state index in [1.54, 1.807) is 11.0 Å². The van der Waals surface area contributed by atoms with Gasteiger partial charge in [-0.2, -0.15) is 13.2 Å². The number of hydrogen-bond acceptors (Lipinski definition) is 1. The molecule has 3 rings (SSSR count). The lowest BCUT2D eigenvalue weighted by molar-refractivity contribution is -0.137. The third-order valence-electron chi connectivity index (χ3n) is 4.95. The molecule has 1 N–H and O–H groups in total. The Morgan fingerprint density at radius 3 is 2.45 bits per heavy atom. The number of carbonyl (C=O) groups is 1. The van der Waals surface area contributed by atoms with Crippen LogP contribution in [0.15, 0.2) is 66.7 Å². The number of alkyl halides is 3. The summed E-state index contributed by atoms with van der Waals surface area (Å²) in [4.78, 5) is 14.5. The van der Waals surface area contributed by atoms with E-state index >= 15 is 0 Å². The van der Waals surface area contributed by atoms with Gasteiger partial charge in [-0.05, 0) is 43.4 Å². The quantitative estimate of drug-likeness (QED) is 0.532. The fourth-order valence-electron chi connectivity index (χ4n) is 3.50. The molecule has 0 bridgehead atoms. The first-order valence-electron chi connectivity index (χ1n) is 9.51. The van der Waals surface area contributed by atoms with Gasteiger partial charge in [0.25, 0.3) is 0 Å². The number of nitrogens with one attached hydrogen (secondary N) is 1. The van der Waals surface area contributed by atoms with Crippen molar-refractivity contribution in [2.24, 2.45) is 0 Å². The smallest absolute Gasteiger partial charge is 0.322 e. The van der Waals surface area contributed by atoms with E-state index in [1.807, 2.05) is 56.3 Å². The minimum absolute atomic E-state index is 0.265. The van der Waals surface area contributed by atoms with Gasteiger partial charge in [0, 0.05) is 18.0 Å². The number of anilines is 1. The molecule has 0 aliphatic carbocycles. The molecule has 3 aromatic rings. The van der Waals surface area contributed by atoms with Crippen LogP contribution in [0.2, 0.25) is 0 Å². The van der Waals surface area contributed by atoms with Crippen LogP contribution < -0.4 is 5.32 Å². The first-order valence-corrected chi connectivity index (χ1v) is 9.51. The van der Waals surface area contributed by atoms with E-state index in [2.05, 4.69) is 5.32 Å². The van der Waals surface area contributed by atoms with E-state index in [-0.39, 0.29) is 12.1 Å². The molecule has 3 nitrogen and oxygen atoms in total. The second-order valence-corrected chi connectivity index (χ2v) is 6.99. The third-order valence-corrected chi connectivity index (χ3v) is 4.95. The third kappa shape index (κ3) is 4.88. The number of amides is 2. The molecule has 0 aliphatic heterocycles. The number of likely N-dealkylation sites (N-methyl/N-ethyl adjacent to an activating group) is 1. The van der Waals surface area contributed by atoms with Crippen molar-refractivity contribution in [1.82, 2.24) is 4.90 Å². The zero-order valence-electron chi connectivity index (χ0n) is 16.3. The lowest BCUT2D eigenvalue weighted by Crippen LogP contribution is -2.42. The summed E-state index contributed by atoms with van der Waals surface area (Å²) in [5, 5.41) is 4.90. The molecule has 0 saturated carbocycles. The normalized spacial score (nSPS) is 12.6. The van der Waals surface area contributed by atoms with E-state index < -0.39 is 11.7 Å². The van der Waals surface area contributed by atoms with Gasteiger partial charge in [0.1, 0.15) is 0 Å². The van der Waals surface area contributed by atoms with E-state index in [0.717, 1.165) is 22.9 Å². The lowest BCUT2D eigenvalue weighted by Gasteiger charge is -2.29. The number of nitrogens with zero attached hydrogens (tertiary/aromatic N) is 1. The highest BCUT2D eigenvalue weighted by atomic mass is 19.4. The van der Waals surface area contributed by atoms with Crippen molar-refractivity contribution in [3.8, 4) is 0 Å². The van der Waals surface area contributed by atoms with E-state index in [4.69, 9.17) is 0 Å². The molecular weight excluding hydrogens is 377 g/mol. The molecule has 0 saturated heterocycles. The van der Waals surface area contributed by atoms with Gasteiger partial charge in [-0.15, -0.1) is 0 Å². The zero-order chi connectivity index (χ0) is 21.0. The number of urea groups is 1. The van der Waals surface area contributed by atoms with Crippen LogP contribution in [0.5, 0.6) is 0 Å². The first-order chi connectivity index (χ1) is 13.8. The topological polar surface area (TPSA) is 32.3 Å². The molecule has 0 unspecified atom stereocenters. The Morgan fingerprint density at radius 1 is 1.03 bits per heavy atom. The van der Waals surface area contributed by atoms with Crippen LogP contribution in [0, 0.1) is 0 Å². The Labute approximate surface area is 168 Å². The van der Waals surface area contributed by atoms with E-state index in [9.17, 15) is 18.0 Å². The highest BCUT2D eigenvalue weighted by Crippen LogP contribution is 2.30. The van der Waals surface area contributed by atoms with Crippen LogP contribution in [0.4, 0.5) is 23.7 Å². The fourth-order valence-corrected chi connectivity index (χ4v) is 3.50. The summed E-state index contributed by atoms with van der Waals surface area (Å²) < 4.78 is 38.9. The molecule has 0 heterocycles. The summed E-state index contributed by atoms with van der Waals surface area (Å²) in [6, 6.07) is 18.2. The molecule has 0 spiro atoms. The van der Waals surface area contributed by atoms with Crippen molar-refractivity contribution in [3.63, 3.8) is 0 Å². The van der Waals surface area contributed by atoms with Crippen molar-refractivity contribution < 1.29 is 18.0 Å². The van der Waals surface area contributed by atoms with Gasteiger partial charge in [0.2, 0.25) is 0 Å². The van der Waals surface area contributed by atoms with Crippen molar-refractivity contribution in [1.29, 1.82) is 0 Å². The molecule has 2 amide bonds. The van der Waals surface area contributed by atoms with Crippen LogP contribution >= 0.6 is 0 Å². The van der Waals surface area contributed by atoms with Crippen LogP contribution in [0.1, 0.15) is 25.0 Å². The van der Waals surface area contributed by atoms with Crippen molar-refractivity contribution in [2.45, 2.75) is 32.5 Å². The number of rotatable bonds is 5. The number of benzene rings is 3. The molecule has 0 fully saturated rings.